The summed E-state index contributed by atoms with van der Waals surface area (Å²) in [7, 11) is 0. The van der Waals surface area contributed by atoms with Gasteiger partial charge in [0.2, 0.25) is 0 Å². The van der Waals surface area contributed by atoms with Gasteiger partial charge < -0.3 is 10.2 Å². The molecule has 0 aliphatic heterocycles. The summed E-state index contributed by atoms with van der Waals surface area (Å²) >= 11 is 8.34. The van der Waals surface area contributed by atoms with Gasteiger partial charge in [0, 0.05) is 23.3 Å². The Kier molecular flexibility index (Phi) is 6.82. The van der Waals surface area contributed by atoms with Crippen molar-refractivity contribution in [3.63, 3.8) is 0 Å². The minimum atomic E-state index is -0.872. The van der Waals surface area contributed by atoms with Crippen molar-refractivity contribution in [1.82, 2.24) is 0 Å². The first-order valence-corrected chi connectivity index (χ1v) is 5.26. The molecule has 0 heterocycles. The number of aliphatic carboxylic acids is 2. The van der Waals surface area contributed by atoms with Gasteiger partial charge in [-0.25, -0.2) is 0 Å². The number of carboxylic acid groups (broad SMARTS) is 2. The quantitative estimate of drug-likeness (QED) is 0.505. The molecule has 2 atom stereocenters. The molecule has 0 spiro atoms. The highest BCUT2D eigenvalue weighted by Gasteiger charge is 2.16. The average Bonchev–Trinajstić information content (AvgIpc) is 2.09. The summed E-state index contributed by atoms with van der Waals surface area (Å²) in [6.45, 7) is 0. The van der Waals surface area contributed by atoms with E-state index in [2.05, 4.69) is 25.3 Å². The maximum Gasteiger partial charge on any atom is 0.303 e. The van der Waals surface area contributed by atoms with E-state index in [-0.39, 0.29) is 23.3 Å². The van der Waals surface area contributed by atoms with E-state index in [4.69, 9.17) is 10.2 Å². The zero-order valence-electron chi connectivity index (χ0n) is 7.59. The summed E-state index contributed by atoms with van der Waals surface area (Å²) in [6.07, 6.45) is 0.898. The molecule has 0 aromatic rings. The molecule has 82 valence electrons. The van der Waals surface area contributed by atoms with Gasteiger partial charge >= 0.3 is 11.9 Å². The highest BCUT2D eigenvalue weighted by atomic mass is 32.1. The molecule has 2 N–H and O–H groups in total. The van der Waals surface area contributed by atoms with Crippen LogP contribution in [-0.2, 0) is 9.59 Å². The molecule has 4 nitrogen and oxygen atoms in total. The molecule has 0 aliphatic carbocycles. The van der Waals surface area contributed by atoms with E-state index in [9.17, 15) is 9.59 Å². The van der Waals surface area contributed by atoms with Gasteiger partial charge in [-0.05, 0) is 12.8 Å². The molecule has 0 fully saturated rings. The predicted molar refractivity (Wildman–Crippen MR) is 59.3 cm³/mol. The lowest BCUT2D eigenvalue weighted by atomic mass is 10.1. The van der Waals surface area contributed by atoms with E-state index >= 15 is 0 Å². The molecular weight excluding hydrogens is 224 g/mol. The van der Waals surface area contributed by atoms with Gasteiger partial charge in [-0.1, -0.05) is 0 Å². The number of carbonyl (C=O) groups is 2. The zero-order chi connectivity index (χ0) is 11.1. The molecule has 0 bridgehead atoms. The van der Waals surface area contributed by atoms with Crippen molar-refractivity contribution in [2.24, 2.45) is 0 Å². The topological polar surface area (TPSA) is 74.6 Å². The Morgan fingerprint density at radius 1 is 0.929 bits per heavy atom. The van der Waals surface area contributed by atoms with E-state index in [0.717, 1.165) is 0 Å². The van der Waals surface area contributed by atoms with E-state index in [1.807, 2.05) is 0 Å². The fourth-order valence-electron chi connectivity index (χ4n) is 0.927. The maximum absolute atomic E-state index is 10.2. The Labute approximate surface area is 93.5 Å². The molecule has 0 amide bonds. The second-order valence-electron chi connectivity index (χ2n) is 3.00. The first kappa shape index (κ1) is 13.6. The molecule has 0 radical (unpaired) electrons. The minimum Gasteiger partial charge on any atom is -0.481 e. The van der Waals surface area contributed by atoms with Crippen LogP contribution in [0.25, 0.3) is 0 Å². The van der Waals surface area contributed by atoms with Crippen molar-refractivity contribution in [3.05, 3.63) is 0 Å². The van der Waals surface area contributed by atoms with E-state index in [1.54, 1.807) is 0 Å². The van der Waals surface area contributed by atoms with Crippen LogP contribution < -0.4 is 0 Å². The monoisotopic (exact) mass is 238 g/mol. The summed E-state index contributed by atoms with van der Waals surface area (Å²) in [4.78, 5) is 20.5. The molecule has 6 heteroatoms. The lowest BCUT2D eigenvalue weighted by Crippen LogP contribution is -2.18. The third kappa shape index (κ3) is 7.08. The van der Waals surface area contributed by atoms with Crippen LogP contribution >= 0.6 is 25.3 Å². The van der Waals surface area contributed by atoms with Crippen LogP contribution in [0.15, 0.2) is 0 Å². The van der Waals surface area contributed by atoms with Crippen LogP contribution in [0.3, 0.4) is 0 Å². The minimum absolute atomic E-state index is 0.0400. The Bertz CT molecular complexity index is 186. The van der Waals surface area contributed by atoms with E-state index in [0.29, 0.717) is 12.8 Å². The molecular formula is C8H14O4S2. The van der Waals surface area contributed by atoms with Gasteiger partial charge in [0.1, 0.15) is 0 Å². The number of thiol groups is 2. The second kappa shape index (κ2) is 7.00. The Hall–Kier alpha value is -0.360. The Morgan fingerprint density at radius 3 is 1.43 bits per heavy atom. The van der Waals surface area contributed by atoms with Gasteiger partial charge in [0.15, 0.2) is 0 Å². The zero-order valence-corrected chi connectivity index (χ0v) is 9.38. The largest absolute Gasteiger partial charge is 0.481 e. The van der Waals surface area contributed by atoms with Crippen LogP contribution in [-0.4, -0.2) is 32.7 Å². The summed E-state index contributed by atoms with van der Waals surface area (Å²) in [5, 5.41) is 16.5. The van der Waals surface area contributed by atoms with Crippen molar-refractivity contribution in [2.75, 3.05) is 0 Å². The Balaban J connectivity index is 3.69. The molecule has 0 aromatic carbocycles. The van der Waals surface area contributed by atoms with Crippen molar-refractivity contribution >= 4 is 37.2 Å². The van der Waals surface area contributed by atoms with Crippen molar-refractivity contribution in [2.45, 2.75) is 36.2 Å². The van der Waals surface area contributed by atoms with Gasteiger partial charge in [-0.2, -0.15) is 25.3 Å². The third-order valence-electron chi connectivity index (χ3n) is 1.75. The summed E-state index contributed by atoms with van der Waals surface area (Å²) in [5.41, 5.74) is 0. The van der Waals surface area contributed by atoms with Gasteiger partial charge in [0.25, 0.3) is 0 Å². The normalized spacial score (nSPS) is 14.7. The average molecular weight is 238 g/mol. The summed E-state index contributed by atoms with van der Waals surface area (Å²) < 4.78 is 0. The smallest absolute Gasteiger partial charge is 0.303 e. The molecule has 0 saturated carbocycles. The standard InChI is InChI=1S/C8H14O4S2/c9-7(10)3-1-5(13)6(14)2-4-8(11)12/h5-6,13-14H,1-4H2,(H,9,10)(H,11,12). The van der Waals surface area contributed by atoms with Crippen LogP contribution in [0.1, 0.15) is 25.7 Å². The second-order valence-corrected chi connectivity index (χ2v) is 4.33. The van der Waals surface area contributed by atoms with Crippen molar-refractivity contribution < 1.29 is 19.8 Å². The SMILES string of the molecule is O=C(O)CCC(S)C(S)CCC(=O)O. The molecule has 2 unspecified atom stereocenters. The highest BCUT2D eigenvalue weighted by Crippen LogP contribution is 2.19. The first-order valence-electron chi connectivity index (χ1n) is 4.23. The van der Waals surface area contributed by atoms with Crippen LogP contribution in [0.5, 0.6) is 0 Å². The van der Waals surface area contributed by atoms with Crippen LogP contribution in [0, 0.1) is 0 Å². The van der Waals surface area contributed by atoms with E-state index < -0.39 is 11.9 Å². The fraction of sp³-hybridized carbons (Fsp3) is 0.750. The lowest BCUT2D eigenvalue weighted by Gasteiger charge is -2.16. The lowest BCUT2D eigenvalue weighted by molar-refractivity contribution is -0.138. The summed E-state index contributed by atoms with van der Waals surface area (Å²) in [5.74, 6) is -1.74. The molecule has 0 rings (SSSR count). The van der Waals surface area contributed by atoms with Crippen molar-refractivity contribution in [3.8, 4) is 0 Å². The first-order chi connectivity index (χ1) is 6.43. The highest BCUT2D eigenvalue weighted by molar-refractivity contribution is 7.85. The molecule has 0 saturated heterocycles. The maximum atomic E-state index is 10.2. The fourth-order valence-corrected chi connectivity index (χ4v) is 1.48. The predicted octanol–water partition coefficient (Wildman–Crippen LogP) is 1.31. The number of hydrogen-bond donors (Lipinski definition) is 4. The molecule has 0 aliphatic rings. The van der Waals surface area contributed by atoms with Gasteiger partial charge in [-0.3, -0.25) is 9.59 Å². The Morgan fingerprint density at radius 2 is 1.21 bits per heavy atom. The third-order valence-corrected chi connectivity index (χ3v) is 3.22. The number of carboxylic acids is 2. The molecule has 0 aromatic heterocycles. The van der Waals surface area contributed by atoms with Crippen molar-refractivity contribution in [1.29, 1.82) is 0 Å². The number of rotatable bonds is 7. The summed E-state index contributed by atoms with van der Waals surface area (Å²) in [6, 6.07) is 0. The van der Waals surface area contributed by atoms with Gasteiger partial charge in [0.05, 0.1) is 0 Å². The van der Waals surface area contributed by atoms with Crippen LogP contribution in [0.4, 0.5) is 0 Å². The van der Waals surface area contributed by atoms with Crippen LogP contribution in [0.2, 0.25) is 0 Å². The van der Waals surface area contributed by atoms with Gasteiger partial charge in [-0.15, -0.1) is 0 Å². The number of hydrogen-bond acceptors (Lipinski definition) is 4. The van der Waals surface area contributed by atoms with E-state index in [1.165, 1.54) is 0 Å². The molecule has 14 heavy (non-hydrogen) atoms.